The number of nitrogens with one attached hydrogen (secondary N) is 1. The van der Waals surface area contributed by atoms with Gasteiger partial charge < -0.3 is 5.32 Å². The fourth-order valence-electron chi connectivity index (χ4n) is 1.73. The molecule has 0 aliphatic rings. The summed E-state index contributed by atoms with van der Waals surface area (Å²) < 4.78 is 38.7. The van der Waals surface area contributed by atoms with Crippen molar-refractivity contribution in [2.24, 2.45) is 7.05 Å². The Balaban J connectivity index is 2.06. The number of rotatable bonds is 3. The predicted octanol–water partition coefficient (Wildman–Crippen LogP) is 2.32. The summed E-state index contributed by atoms with van der Waals surface area (Å²) in [6.07, 6.45) is -0.405. The summed E-state index contributed by atoms with van der Waals surface area (Å²) in [5.74, 6) is -0.351. The predicted molar refractivity (Wildman–Crippen MR) is 68.3 cm³/mol. The van der Waals surface area contributed by atoms with E-state index in [1.807, 2.05) is 0 Å². The average Bonchev–Trinajstić information content (AvgIpc) is 2.84. The minimum absolute atomic E-state index is 0.351. The molecule has 2 aromatic heterocycles. The molecule has 21 heavy (non-hydrogen) atoms. The van der Waals surface area contributed by atoms with E-state index in [1.165, 1.54) is 16.9 Å². The second-order valence-electron chi connectivity index (χ2n) is 4.57. The molecule has 1 N–H and O–H groups in total. The Morgan fingerprint density at radius 1 is 1.33 bits per heavy atom. The number of alkyl halides is 3. The van der Waals surface area contributed by atoms with Crippen LogP contribution < -0.4 is 5.32 Å². The van der Waals surface area contributed by atoms with Gasteiger partial charge >= 0.3 is 6.18 Å². The summed E-state index contributed by atoms with van der Waals surface area (Å²) in [6.45, 7) is 1.67. The number of hydrogen-bond acceptors (Lipinski definition) is 3. The number of aryl methyl sites for hydroxylation is 1. The van der Waals surface area contributed by atoms with E-state index in [9.17, 15) is 18.0 Å². The molecule has 0 saturated carbocycles. The van der Waals surface area contributed by atoms with Crippen molar-refractivity contribution in [2.45, 2.75) is 19.1 Å². The van der Waals surface area contributed by atoms with Gasteiger partial charge in [0.1, 0.15) is 5.69 Å². The lowest BCUT2D eigenvalue weighted by atomic mass is 10.1. The number of aromatic nitrogens is 3. The van der Waals surface area contributed by atoms with Crippen LogP contribution in [0, 0.1) is 0 Å². The van der Waals surface area contributed by atoms with Crippen LogP contribution in [0.15, 0.2) is 30.7 Å². The van der Waals surface area contributed by atoms with E-state index < -0.39 is 17.9 Å². The fourth-order valence-corrected chi connectivity index (χ4v) is 1.73. The lowest BCUT2D eigenvalue weighted by molar-refractivity contribution is -0.141. The Morgan fingerprint density at radius 3 is 2.52 bits per heavy atom. The van der Waals surface area contributed by atoms with Crippen LogP contribution in [0.5, 0.6) is 0 Å². The molecule has 0 bridgehead atoms. The molecule has 8 heteroatoms. The quantitative estimate of drug-likeness (QED) is 0.946. The summed E-state index contributed by atoms with van der Waals surface area (Å²) in [6, 6.07) is 1.72. The highest BCUT2D eigenvalue weighted by Gasteiger charge is 2.32. The SMILES string of the molecule is C[C@@H](NC(=O)c1cnn(C)c1)c1ccc(C(F)(F)F)nc1. The van der Waals surface area contributed by atoms with E-state index in [1.54, 1.807) is 20.2 Å². The molecular formula is C13H13F3N4O. The van der Waals surface area contributed by atoms with Gasteiger partial charge in [0.15, 0.2) is 0 Å². The van der Waals surface area contributed by atoms with Crippen molar-refractivity contribution < 1.29 is 18.0 Å². The van der Waals surface area contributed by atoms with Gasteiger partial charge in [0.25, 0.3) is 5.91 Å². The number of amides is 1. The summed E-state index contributed by atoms with van der Waals surface area (Å²) in [7, 11) is 1.68. The maximum absolute atomic E-state index is 12.4. The highest BCUT2D eigenvalue weighted by molar-refractivity contribution is 5.93. The Bertz CT molecular complexity index is 634. The van der Waals surface area contributed by atoms with Gasteiger partial charge in [-0.15, -0.1) is 0 Å². The first-order valence-electron chi connectivity index (χ1n) is 6.10. The molecule has 0 aliphatic carbocycles. The number of halogens is 3. The van der Waals surface area contributed by atoms with Crippen LogP contribution in [0.1, 0.15) is 34.6 Å². The summed E-state index contributed by atoms with van der Waals surface area (Å²) in [5, 5.41) is 6.55. The van der Waals surface area contributed by atoms with Gasteiger partial charge in [-0.1, -0.05) is 6.07 Å². The molecular weight excluding hydrogens is 285 g/mol. The normalized spacial score (nSPS) is 13.0. The molecule has 1 amide bonds. The number of hydrogen-bond donors (Lipinski definition) is 1. The van der Waals surface area contributed by atoms with Crippen molar-refractivity contribution in [1.29, 1.82) is 0 Å². The Kier molecular flexibility index (Phi) is 3.97. The van der Waals surface area contributed by atoms with Crippen molar-refractivity contribution in [3.8, 4) is 0 Å². The first-order valence-corrected chi connectivity index (χ1v) is 6.10. The number of pyridine rings is 1. The standard InChI is InChI=1S/C13H13F3N4O/c1-8(19-12(21)10-6-18-20(2)7-10)9-3-4-11(17-5-9)13(14,15)16/h3-8H,1-2H3,(H,19,21)/t8-/m1/s1. The van der Waals surface area contributed by atoms with E-state index in [2.05, 4.69) is 15.4 Å². The minimum Gasteiger partial charge on any atom is -0.345 e. The van der Waals surface area contributed by atoms with Crippen molar-refractivity contribution in [3.63, 3.8) is 0 Å². The summed E-state index contributed by atoms with van der Waals surface area (Å²) in [5.41, 5.74) is -0.0958. The van der Waals surface area contributed by atoms with E-state index in [-0.39, 0.29) is 5.91 Å². The molecule has 0 aromatic carbocycles. The Morgan fingerprint density at radius 2 is 2.05 bits per heavy atom. The van der Waals surface area contributed by atoms with Crippen molar-refractivity contribution in [3.05, 3.63) is 47.5 Å². The van der Waals surface area contributed by atoms with Crippen LogP contribution >= 0.6 is 0 Å². The smallest absolute Gasteiger partial charge is 0.345 e. The van der Waals surface area contributed by atoms with Crippen molar-refractivity contribution in [2.75, 3.05) is 0 Å². The third kappa shape index (κ3) is 3.59. The summed E-state index contributed by atoms with van der Waals surface area (Å²) >= 11 is 0. The summed E-state index contributed by atoms with van der Waals surface area (Å²) in [4.78, 5) is 15.3. The molecule has 2 heterocycles. The first kappa shape index (κ1) is 15.0. The van der Waals surface area contributed by atoms with Gasteiger partial charge in [-0.25, -0.2) is 0 Å². The number of carbonyl (C=O) groups excluding carboxylic acids is 1. The molecule has 112 valence electrons. The molecule has 1 atom stereocenters. The fraction of sp³-hybridized carbons (Fsp3) is 0.308. The largest absolute Gasteiger partial charge is 0.433 e. The molecule has 2 rings (SSSR count). The Hall–Kier alpha value is -2.38. The van der Waals surface area contributed by atoms with E-state index >= 15 is 0 Å². The third-order valence-electron chi connectivity index (χ3n) is 2.89. The van der Waals surface area contributed by atoms with Crippen LogP contribution in [0.4, 0.5) is 13.2 Å². The molecule has 0 fully saturated rings. The maximum atomic E-state index is 12.4. The number of nitrogens with zero attached hydrogens (tertiary/aromatic N) is 3. The molecule has 0 unspecified atom stereocenters. The monoisotopic (exact) mass is 298 g/mol. The second kappa shape index (κ2) is 5.55. The van der Waals surface area contributed by atoms with Crippen LogP contribution in [-0.4, -0.2) is 20.7 Å². The lowest BCUT2D eigenvalue weighted by Crippen LogP contribution is -2.26. The first-order chi connectivity index (χ1) is 9.77. The Labute approximate surface area is 118 Å². The van der Waals surface area contributed by atoms with E-state index in [0.29, 0.717) is 11.1 Å². The van der Waals surface area contributed by atoms with Crippen molar-refractivity contribution >= 4 is 5.91 Å². The second-order valence-corrected chi connectivity index (χ2v) is 4.57. The van der Waals surface area contributed by atoms with Gasteiger partial charge in [0.2, 0.25) is 0 Å². The average molecular weight is 298 g/mol. The minimum atomic E-state index is -4.47. The molecule has 0 radical (unpaired) electrons. The molecule has 0 saturated heterocycles. The molecule has 0 spiro atoms. The van der Waals surface area contributed by atoms with Gasteiger partial charge in [-0.3, -0.25) is 14.5 Å². The van der Waals surface area contributed by atoms with E-state index in [4.69, 9.17) is 0 Å². The van der Waals surface area contributed by atoms with Gasteiger partial charge in [0.05, 0.1) is 17.8 Å². The van der Waals surface area contributed by atoms with Crippen LogP contribution in [-0.2, 0) is 13.2 Å². The maximum Gasteiger partial charge on any atom is 0.433 e. The number of carbonyl (C=O) groups is 1. The zero-order valence-electron chi connectivity index (χ0n) is 11.3. The lowest BCUT2D eigenvalue weighted by Gasteiger charge is -2.14. The zero-order chi connectivity index (χ0) is 15.6. The van der Waals surface area contributed by atoms with E-state index in [0.717, 1.165) is 12.3 Å². The van der Waals surface area contributed by atoms with Crippen LogP contribution in [0.2, 0.25) is 0 Å². The highest BCUT2D eigenvalue weighted by atomic mass is 19.4. The van der Waals surface area contributed by atoms with Crippen LogP contribution in [0.3, 0.4) is 0 Å². The van der Waals surface area contributed by atoms with Crippen molar-refractivity contribution in [1.82, 2.24) is 20.1 Å². The van der Waals surface area contributed by atoms with Crippen LogP contribution in [0.25, 0.3) is 0 Å². The topological polar surface area (TPSA) is 59.8 Å². The van der Waals surface area contributed by atoms with Gasteiger partial charge in [-0.05, 0) is 18.6 Å². The zero-order valence-corrected chi connectivity index (χ0v) is 11.3. The molecule has 5 nitrogen and oxygen atoms in total. The molecule has 0 aliphatic heterocycles. The van der Waals surface area contributed by atoms with Gasteiger partial charge in [-0.2, -0.15) is 18.3 Å². The van der Waals surface area contributed by atoms with Gasteiger partial charge in [0, 0.05) is 19.4 Å². The molecule has 2 aromatic rings. The highest BCUT2D eigenvalue weighted by Crippen LogP contribution is 2.27. The third-order valence-corrected chi connectivity index (χ3v) is 2.89.